The van der Waals surface area contributed by atoms with Crippen LogP contribution < -0.4 is 0 Å². The van der Waals surface area contributed by atoms with Gasteiger partial charge in [-0.15, -0.1) is 6.58 Å². The normalized spacial score (nSPS) is 44.3. The van der Waals surface area contributed by atoms with Gasteiger partial charge in [-0.25, -0.2) is 0 Å². The Labute approximate surface area is 206 Å². The molecule has 2 saturated carbocycles. The molecule has 1 heterocycles. The van der Waals surface area contributed by atoms with Crippen molar-refractivity contribution in [2.24, 2.45) is 16.7 Å². The van der Waals surface area contributed by atoms with Gasteiger partial charge >= 0.3 is 17.9 Å². The van der Waals surface area contributed by atoms with Gasteiger partial charge in [-0.2, -0.15) is 0 Å². The van der Waals surface area contributed by atoms with Gasteiger partial charge < -0.3 is 24.1 Å². The maximum absolute atomic E-state index is 14.0. The molecular formula is C26H38O9. The zero-order valence-electron chi connectivity index (χ0n) is 21.9. The van der Waals surface area contributed by atoms with E-state index in [0.29, 0.717) is 12.8 Å². The second-order valence-electron chi connectivity index (χ2n) is 11.5. The van der Waals surface area contributed by atoms with Crippen LogP contribution in [0.5, 0.6) is 0 Å². The summed E-state index contributed by atoms with van der Waals surface area (Å²) in [6.07, 6.45) is -1.13. The highest BCUT2D eigenvalue weighted by atomic mass is 16.6. The predicted molar refractivity (Wildman–Crippen MR) is 124 cm³/mol. The van der Waals surface area contributed by atoms with Gasteiger partial charge in [-0.3, -0.25) is 19.2 Å². The molecule has 1 saturated heterocycles. The Kier molecular flexibility index (Phi) is 6.56. The number of carbonyl (C=O) groups is 4. The second kappa shape index (κ2) is 8.40. The maximum atomic E-state index is 14.0. The molecule has 8 atom stereocenters. The number of aliphatic hydroxyl groups is 1. The minimum Gasteiger partial charge on any atom is -0.462 e. The van der Waals surface area contributed by atoms with E-state index in [1.807, 2.05) is 13.8 Å². The summed E-state index contributed by atoms with van der Waals surface area (Å²) in [5.74, 6) is -3.16. The van der Waals surface area contributed by atoms with Crippen molar-refractivity contribution in [3.8, 4) is 0 Å². The number of hydrogen-bond acceptors (Lipinski definition) is 9. The smallest absolute Gasteiger partial charge is 0.303 e. The van der Waals surface area contributed by atoms with E-state index >= 15 is 0 Å². The van der Waals surface area contributed by atoms with Crippen molar-refractivity contribution in [2.75, 3.05) is 0 Å². The number of fused-ring (bicyclic) bond motifs is 3. The summed E-state index contributed by atoms with van der Waals surface area (Å²) in [6.45, 7) is 16.2. The summed E-state index contributed by atoms with van der Waals surface area (Å²) >= 11 is 0. The Bertz CT molecular complexity index is 956. The molecule has 0 aromatic carbocycles. The summed E-state index contributed by atoms with van der Waals surface area (Å²) in [4.78, 5) is 50.8. The molecule has 9 nitrogen and oxygen atoms in total. The van der Waals surface area contributed by atoms with Crippen LogP contribution in [-0.2, 0) is 38.1 Å². The third-order valence-electron chi connectivity index (χ3n) is 8.57. The highest BCUT2D eigenvalue weighted by Gasteiger charge is 2.82. The molecular weight excluding hydrogens is 456 g/mol. The van der Waals surface area contributed by atoms with Crippen molar-refractivity contribution < 1.29 is 43.2 Å². The van der Waals surface area contributed by atoms with Gasteiger partial charge in [0.1, 0.15) is 17.8 Å². The minimum atomic E-state index is -2.26. The Balaban J connectivity index is 2.42. The lowest BCUT2D eigenvalue weighted by Crippen LogP contribution is -2.87. The SMILES string of the molecule is C=C[C@@]1(C)CC(=O)[C@]2(O)[C@@]3(C)[C@@H](OC(C)=O)CCC(C)(C)[C@@H]3[C@H](OC(C)=O)[C@H](OC(C)=O)[C@@]2(C)O1. The summed E-state index contributed by atoms with van der Waals surface area (Å²) in [5.41, 5.74) is -7.39. The van der Waals surface area contributed by atoms with E-state index in [4.69, 9.17) is 18.9 Å². The first-order valence-electron chi connectivity index (χ1n) is 12.0. The van der Waals surface area contributed by atoms with Crippen molar-refractivity contribution in [1.82, 2.24) is 0 Å². The summed E-state index contributed by atoms with van der Waals surface area (Å²) in [7, 11) is 0. The molecule has 3 rings (SSSR count). The molecule has 35 heavy (non-hydrogen) atoms. The van der Waals surface area contributed by atoms with Gasteiger partial charge in [0.2, 0.25) is 0 Å². The minimum absolute atomic E-state index is 0.191. The third kappa shape index (κ3) is 3.82. The highest BCUT2D eigenvalue weighted by molar-refractivity contribution is 5.92. The van der Waals surface area contributed by atoms with Crippen LogP contribution in [0.25, 0.3) is 0 Å². The van der Waals surface area contributed by atoms with E-state index in [-0.39, 0.29) is 6.42 Å². The average Bonchev–Trinajstić information content (AvgIpc) is 2.70. The Hall–Kier alpha value is -2.26. The van der Waals surface area contributed by atoms with Crippen molar-refractivity contribution in [1.29, 1.82) is 0 Å². The quantitative estimate of drug-likeness (QED) is 0.357. The van der Waals surface area contributed by atoms with Crippen molar-refractivity contribution in [2.45, 2.75) is 110 Å². The lowest BCUT2D eigenvalue weighted by Gasteiger charge is -2.71. The van der Waals surface area contributed by atoms with Gasteiger partial charge in [0.05, 0.1) is 11.0 Å². The first kappa shape index (κ1) is 27.3. The van der Waals surface area contributed by atoms with Gasteiger partial charge in [-0.1, -0.05) is 26.8 Å². The molecule has 3 aliphatic rings. The average molecular weight is 495 g/mol. The van der Waals surface area contributed by atoms with E-state index in [2.05, 4.69) is 6.58 Å². The number of rotatable bonds is 4. The lowest BCUT2D eigenvalue weighted by molar-refractivity contribution is -0.371. The Morgan fingerprint density at radius 3 is 2.03 bits per heavy atom. The fraction of sp³-hybridized carbons (Fsp3) is 0.769. The number of hydrogen-bond donors (Lipinski definition) is 1. The van der Waals surface area contributed by atoms with Crippen LogP contribution in [0, 0.1) is 16.7 Å². The van der Waals surface area contributed by atoms with Crippen LogP contribution >= 0.6 is 0 Å². The number of carbonyl (C=O) groups excluding carboxylic acids is 4. The summed E-state index contributed by atoms with van der Waals surface area (Å²) in [5, 5.41) is 12.6. The molecule has 9 heteroatoms. The van der Waals surface area contributed by atoms with Crippen LogP contribution in [-0.4, -0.2) is 63.9 Å². The van der Waals surface area contributed by atoms with Crippen LogP contribution in [0.4, 0.5) is 0 Å². The molecule has 0 radical (unpaired) electrons. The first-order chi connectivity index (χ1) is 15.9. The molecule has 0 bridgehead atoms. The molecule has 1 aliphatic heterocycles. The number of Topliss-reactive ketones (excluding diaryl/α,β-unsaturated/α-hetero) is 1. The standard InChI is InChI=1S/C26H38O9/c1-10-23(7)13-17(30)26(31)24(8)18(32-14(2)27)11-12-22(5,6)20(24)19(33-15(3)28)21(34-16(4)29)25(26,9)35-23/h10,18-21,31H,1,11-13H2,2-9H3/t18-,19-,20-,21-,23-,24-,25+,26-/m0/s1. The van der Waals surface area contributed by atoms with Gasteiger partial charge in [-0.05, 0) is 32.1 Å². The van der Waals surface area contributed by atoms with E-state index in [9.17, 15) is 24.3 Å². The van der Waals surface area contributed by atoms with Crippen molar-refractivity contribution in [3.05, 3.63) is 12.7 Å². The van der Waals surface area contributed by atoms with E-state index < -0.39 is 75.6 Å². The molecule has 0 aromatic rings. The molecule has 3 fully saturated rings. The van der Waals surface area contributed by atoms with Crippen LogP contribution in [0.1, 0.15) is 74.7 Å². The topological polar surface area (TPSA) is 125 Å². The predicted octanol–water partition coefficient (Wildman–Crippen LogP) is 2.66. The zero-order valence-corrected chi connectivity index (χ0v) is 21.9. The second-order valence-corrected chi connectivity index (χ2v) is 11.5. The lowest BCUT2D eigenvalue weighted by atomic mass is 9.39. The number of ketones is 1. The third-order valence-corrected chi connectivity index (χ3v) is 8.57. The van der Waals surface area contributed by atoms with Crippen molar-refractivity contribution >= 4 is 23.7 Å². The zero-order chi connectivity index (χ0) is 26.8. The summed E-state index contributed by atoms with van der Waals surface area (Å²) < 4.78 is 23.8. The van der Waals surface area contributed by atoms with E-state index in [0.717, 1.165) is 0 Å². The molecule has 0 spiro atoms. The monoisotopic (exact) mass is 494 g/mol. The van der Waals surface area contributed by atoms with Gasteiger partial charge in [0, 0.05) is 33.1 Å². The van der Waals surface area contributed by atoms with Gasteiger partial charge in [0.25, 0.3) is 0 Å². The maximum Gasteiger partial charge on any atom is 0.303 e. The number of ether oxygens (including phenoxy) is 4. The fourth-order valence-corrected chi connectivity index (χ4v) is 7.29. The highest BCUT2D eigenvalue weighted by Crippen LogP contribution is 2.68. The Morgan fingerprint density at radius 1 is 1.00 bits per heavy atom. The first-order valence-corrected chi connectivity index (χ1v) is 12.0. The van der Waals surface area contributed by atoms with Crippen LogP contribution in [0.2, 0.25) is 0 Å². The Morgan fingerprint density at radius 2 is 1.54 bits per heavy atom. The van der Waals surface area contributed by atoms with E-state index in [1.165, 1.54) is 33.8 Å². The molecule has 2 aliphatic carbocycles. The molecule has 1 N–H and O–H groups in total. The van der Waals surface area contributed by atoms with Gasteiger partial charge in [0.15, 0.2) is 17.5 Å². The molecule has 0 amide bonds. The fourth-order valence-electron chi connectivity index (χ4n) is 7.29. The largest absolute Gasteiger partial charge is 0.462 e. The van der Waals surface area contributed by atoms with Crippen LogP contribution in [0.15, 0.2) is 12.7 Å². The van der Waals surface area contributed by atoms with Crippen molar-refractivity contribution in [3.63, 3.8) is 0 Å². The van der Waals surface area contributed by atoms with Crippen LogP contribution in [0.3, 0.4) is 0 Å². The molecule has 196 valence electrons. The molecule has 0 unspecified atom stereocenters. The van der Waals surface area contributed by atoms with E-state index in [1.54, 1.807) is 13.8 Å². The number of esters is 3. The summed E-state index contributed by atoms with van der Waals surface area (Å²) in [6, 6.07) is 0. The molecule has 0 aromatic heterocycles.